The van der Waals surface area contributed by atoms with E-state index in [1.165, 1.54) is 63.4 Å². The summed E-state index contributed by atoms with van der Waals surface area (Å²) in [5.41, 5.74) is 1.32. The molecule has 0 fully saturated rings. The highest BCUT2D eigenvalue weighted by Crippen LogP contribution is 2.35. The van der Waals surface area contributed by atoms with E-state index in [1.807, 2.05) is 0 Å². The van der Waals surface area contributed by atoms with Crippen LogP contribution in [0.3, 0.4) is 0 Å². The molecular formula is C17H30Br2N2. The Balaban J connectivity index is 2.79. The predicted octanol–water partition coefficient (Wildman–Crippen LogP) is 6.98. The molecule has 1 heterocycles. The van der Waals surface area contributed by atoms with Gasteiger partial charge in [-0.1, -0.05) is 58.8 Å². The molecule has 0 radical (unpaired) electrons. The molecule has 0 aliphatic carbocycles. The lowest BCUT2D eigenvalue weighted by Gasteiger charge is -2.31. The molecule has 2 nitrogen and oxygen atoms in total. The van der Waals surface area contributed by atoms with Gasteiger partial charge in [0.15, 0.2) is 0 Å². The first-order chi connectivity index (χ1) is 9.96. The van der Waals surface area contributed by atoms with Gasteiger partial charge in [-0.05, 0) is 58.5 Å². The minimum atomic E-state index is 0.123. The van der Waals surface area contributed by atoms with Gasteiger partial charge in [-0.2, -0.15) is 5.10 Å². The second-order valence-electron chi connectivity index (χ2n) is 6.38. The minimum absolute atomic E-state index is 0.123. The van der Waals surface area contributed by atoms with E-state index in [-0.39, 0.29) is 5.54 Å². The lowest BCUT2D eigenvalue weighted by atomic mass is 9.88. The van der Waals surface area contributed by atoms with Crippen molar-refractivity contribution in [3.8, 4) is 0 Å². The third kappa shape index (κ3) is 5.38. The van der Waals surface area contributed by atoms with E-state index in [0.29, 0.717) is 0 Å². The van der Waals surface area contributed by atoms with E-state index in [4.69, 9.17) is 5.10 Å². The Morgan fingerprint density at radius 3 is 2.05 bits per heavy atom. The molecule has 1 aromatic rings. The van der Waals surface area contributed by atoms with Crippen molar-refractivity contribution in [1.82, 2.24) is 9.78 Å². The fourth-order valence-electron chi connectivity index (χ4n) is 2.81. The zero-order valence-electron chi connectivity index (χ0n) is 14.0. The van der Waals surface area contributed by atoms with Crippen LogP contribution in [0, 0.1) is 6.92 Å². The molecule has 0 bridgehead atoms. The zero-order valence-corrected chi connectivity index (χ0v) is 17.2. The lowest BCUT2D eigenvalue weighted by Crippen LogP contribution is -2.31. The van der Waals surface area contributed by atoms with E-state index in [9.17, 15) is 0 Å². The number of hydrogen-bond donors (Lipinski definition) is 0. The summed E-state index contributed by atoms with van der Waals surface area (Å²) >= 11 is 7.30. The molecule has 0 spiro atoms. The number of halogens is 2. The third-order valence-corrected chi connectivity index (χ3v) is 6.08. The van der Waals surface area contributed by atoms with E-state index >= 15 is 0 Å². The summed E-state index contributed by atoms with van der Waals surface area (Å²) in [7, 11) is 0. The molecule has 1 atom stereocenters. The van der Waals surface area contributed by atoms with Crippen LogP contribution in [-0.2, 0) is 5.54 Å². The van der Waals surface area contributed by atoms with Crippen LogP contribution in [0.5, 0.6) is 0 Å². The van der Waals surface area contributed by atoms with Crippen molar-refractivity contribution in [2.75, 3.05) is 0 Å². The highest BCUT2D eigenvalue weighted by Gasteiger charge is 2.29. The maximum absolute atomic E-state index is 4.74. The summed E-state index contributed by atoms with van der Waals surface area (Å²) < 4.78 is 4.30. The Hall–Kier alpha value is 0.170. The van der Waals surface area contributed by atoms with Gasteiger partial charge in [0.25, 0.3) is 0 Å². The quantitative estimate of drug-likeness (QED) is 0.372. The van der Waals surface area contributed by atoms with Crippen molar-refractivity contribution >= 4 is 31.9 Å². The summed E-state index contributed by atoms with van der Waals surface area (Å²) in [6.07, 6.45) is 11.6. The average Bonchev–Trinajstić information content (AvgIpc) is 2.73. The van der Waals surface area contributed by atoms with Gasteiger partial charge in [0, 0.05) is 5.56 Å². The van der Waals surface area contributed by atoms with Crippen LogP contribution in [0.15, 0.2) is 9.21 Å². The molecule has 0 aromatic carbocycles. The van der Waals surface area contributed by atoms with Gasteiger partial charge in [0.05, 0.1) is 5.54 Å². The minimum Gasteiger partial charge on any atom is -0.251 e. The first kappa shape index (κ1) is 19.2. The van der Waals surface area contributed by atoms with Crippen molar-refractivity contribution in [2.24, 2.45) is 0 Å². The van der Waals surface area contributed by atoms with E-state index < -0.39 is 0 Å². The zero-order chi connectivity index (χ0) is 15.9. The van der Waals surface area contributed by atoms with Crippen LogP contribution in [0.2, 0.25) is 0 Å². The number of rotatable bonds is 10. The monoisotopic (exact) mass is 420 g/mol. The SMILES string of the molecule is CCCCCCCC(C)(CCCC)n1nc(Br)c(C)c1Br. The molecule has 0 saturated heterocycles. The van der Waals surface area contributed by atoms with Crippen molar-refractivity contribution in [3.63, 3.8) is 0 Å². The topological polar surface area (TPSA) is 17.8 Å². The molecule has 0 N–H and O–H groups in total. The van der Waals surface area contributed by atoms with Crippen LogP contribution in [0.1, 0.15) is 84.1 Å². The number of unbranched alkanes of at least 4 members (excludes halogenated alkanes) is 5. The predicted molar refractivity (Wildman–Crippen MR) is 98.9 cm³/mol. The van der Waals surface area contributed by atoms with Crippen molar-refractivity contribution in [3.05, 3.63) is 14.8 Å². The van der Waals surface area contributed by atoms with E-state index in [0.717, 1.165) is 9.21 Å². The highest BCUT2D eigenvalue weighted by molar-refractivity contribution is 9.11. The molecule has 122 valence electrons. The Kier molecular flexibility index (Phi) is 8.55. The fraction of sp³-hybridized carbons (Fsp3) is 0.824. The Morgan fingerprint density at radius 1 is 0.952 bits per heavy atom. The molecule has 1 unspecified atom stereocenters. The van der Waals surface area contributed by atoms with Crippen molar-refractivity contribution < 1.29 is 0 Å². The normalized spacial score (nSPS) is 14.4. The molecule has 4 heteroatoms. The molecular weight excluding hydrogens is 392 g/mol. The fourth-order valence-corrected chi connectivity index (χ4v) is 4.12. The summed E-state index contributed by atoms with van der Waals surface area (Å²) in [5.74, 6) is 0. The average molecular weight is 422 g/mol. The van der Waals surface area contributed by atoms with E-state index in [2.05, 4.69) is 64.2 Å². The van der Waals surface area contributed by atoms with Gasteiger partial charge in [-0.3, -0.25) is 4.68 Å². The lowest BCUT2D eigenvalue weighted by molar-refractivity contribution is 0.224. The van der Waals surface area contributed by atoms with E-state index in [1.54, 1.807) is 0 Å². The molecule has 0 saturated carbocycles. The van der Waals surface area contributed by atoms with Gasteiger partial charge in [0.1, 0.15) is 9.21 Å². The summed E-state index contributed by atoms with van der Waals surface area (Å²) in [4.78, 5) is 0. The molecule has 1 aromatic heterocycles. The van der Waals surface area contributed by atoms with Gasteiger partial charge < -0.3 is 0 Å². The number of hydrogen-bond acceptors (Lipinski definition) is 1. The van der Waals surface area contributed by atoms with Crippen molar-refractivity contribution in [2.45, 2.75) is 91.0 Å². The Bertz CT molecular complexity index is 429. The van der Waals surface area contributed by atoms with Crippen LogP contribution >= 0.6 is 31.9 Å². The maximum Gasteiger partial charge on any atom is 0.132 e. The third-order valence-electron chi connectivity index (χ3n) is 4.39. The van der Waals surface area contributed by atoms with Crippen LogP contribution < -0.4 is 0 Å². The van der Waals surface area contributed by atoms with Gasteiger partial charge in [-0.15, -0.1) is 0 Å². The summed E-state index contributed by atoms with van der Waals surface area (Å²) in [5, 5.41) is 4.74. The number of aromatic nitrogens is 2. The first-order valence-electron chi connectivity index (χ1n) is 8.37. The highest BCUT2D eigenvalue weighted by atomic mass is 79.9. The van der Waals surface area contributed by atoms with Gasteiger partial charge >= 0.3 is 0 Å². The smallest absolute Gasteiger partial charge is 0.132 e. The van der Waals surface area contributed by atoms with Gasteiger partial charge in [-0.25, -0.2) is 0 Å². The van der Waals surface area contributed by atoms with Crippen LogP contribution in [0.25, 0.3) is 0 Å². The summed E-state index contributed by atoms with van der Waals surface area (Å²) in [6.45, 7) is 9.01. The maximum atomic E-state index is 4.74. The standard InChI is InChI=1S/C17H30Br2N2/c1-5-7-9-10-11-13-17(4,12-8-6-2)21-16(19)14(3)15(18)20-21/h5-13H2,1-4H3. The molecule has 0 aliphatic rings. The second-order valence-corrected chi connectivity index (χ2v) is 7.89. The summed E-state index contributed by atoms with van der Waals surface area (Å²) in [6, 6.07) is 0. The molecule has 21 heavy (non-hydrogen) atoms. The largest absolute Gasteiger partial charge is 0.251 e. The van der Waals surface area contributed by atoms with Crippen molar-refractivity contribution in [1.29, 1.82) is 0 Å². The van der Waals surface area contributed by atoms with Crippen LogP contribution in [0.4, 0.5) is 0 Å². The van der Waals surface area contributed by atoms with Crippen LogP contribution in [-0.4, -0.2) is 9.78 Å². The second kappa shape index (κ2) is 9.34. The Labute approximate surface area is 147 Å². The molecule has 0 amide bonds. The van der Waals surface area contributed by atoms with Gasteiger partial charge in [0.2, 0.25) is 0 Å². The Morgan fingerprint density at radius 2 is 1.52 bits per heavy atom. The molecule has 1 rings (SSSR count). The first-order valence-corrected chi connectivity index (χ1v) is 9.96. The molecule has 0 aliphatic heterocycles. The number of nitrogens with zero attached hydrogens (tertiary/aromatic N) is 2.